The van der Waals surface area contributed by atoms with E-state index in [4.69, 9.17) is 24.8 Å². The molecule has 0 amide bonds. The molecule has 0 aromatic heterocycles. The van der Waals surface area contributed by atoms with Crippen molar-refractivity contribution in [3.8, 4) is 0 Å². The molecule has 1 heterocycles. The molecule has 4 N–H and O–H groups in total. The Labute approximate surface area is 115 Å². The van der Waals surface area contributed by atoms with Crippen molar-refractivity contribution < 1.29 is 34.6 Å². The predicted molar refractivity (Wildman–Crippen MR) is 64.6 cm³/mol. The maximum Gasteiger partial charge on any atom is 0.186 e. The molecule has 10 heteroatoms. The Balaban J connectivity index is 2.26. The van der Waals surface area contributed by atoms with Gasteiger partial charge in [0.25, 0.3) is 0 Å². The average molecular weight is 293 g/mol. The summed E-state index contributed by atoms with van der Waals surface area (Å²) in [5.41, 5.74) is 8.03. The molecule has 1 aliphatic heterocycles. The first kappa shape index (κ1) is 17.1. The fraction of sp³-hybridized carbons (Fsp3) is 1.00. The minimum Gasteiger partial charge on any atom is -0.394 e. The largest absolute Gasteiger partial charge is 0.394 e. The molecule has 116 valence electrons. The molecule has 0 bridgehead atoms. The summed E-state index contributed by atoms with van der Waals surface area (Å²) in [6.07, 6.45) is -6.45. The molecule has 0 radical (unpaired) electrons. The summed E-state index contributed by atoms with van der Waals surface area (Å²) in [7, 11) is 0. The molecule has 1 fully saturated rings. The highest BCUT2D eigenvalue weighted by molar-refractivity contribution is 4.88. The van der Waals surface area contributed by atoms with Crippen LogP contribution in [0.15, 0.2) is 5.11 Å². The fourth-order valence-corrected chi connectivity index (χ4v) is 1.68. The highest BCUT2D eigenvalue weighted by atomic mass is 16.7. The maximum absolute atomic E-state index is 9.66. The molecular weight excluding hydrogens is 274 g/mol. The molecule has 0 aliphatic carbocycles. The van der Waals surface area contributed by atoms with Gasteiger partial charge in [0.1, 0.15) is 24.4 Å². The van der Waals surface area contributed by atoms with Crippen molar-refractivity contribution in [3.05, 3.63) is 10.4 Å². The van der Waals surface area contributed by atoms with Crippen LogP contribution in [0.3, 0.4) is 0 Å². The zero-order chi connectivity index (χ0) is 15.0. The molecule has 5 unspecified atom stereocenters. The third-order valence-corrected chi connectivity index (χ3v) is 2.76. The van der Waals surface area contributed by atoms with Crippen LogP contribution in [-0.2, 0) is 14.2 Å². The standard InChI is InChI=1S/C10H19N3O7/c11-13-12-1-2-18-3-4-19-10-9(17)8(16)7(15)6(5-14)20-10/h6-10,14-17H,1-5H2. The van der Waals surface area contributed by atoms with Crippen LogP contribution in [-0.4, -0.2) is 84.1 Å². The third-order valence-electron chi connectivity index (χ3n) is 2.76. The zero-order valence-electron chi connectivity index (χ0n) is 10.8. The van der Waals surface area contributed by atoms with Crippen LogP contribution < -0.4 is 0 Å². The molecule has 0 saturated carbocycles. The lowest BCUT2D eigenvalue weighted by molar-refractivity contribution is -0.302. The van der Waals surface area contributed by atoms with E-state index in [2.05, 4.69) is 10.0 Å². The second-order valence-corrected chi connectivity index (χ2v) is 4.13. The Morgan fingerprint density at radius 2 is 1.85 bits per heavy atom. The van der Waals surface area contributed by atoms with Crippen LogP contribution >= 0.6 is 0 Å². The molecule has 20 heavy (non-hydrogen) atoms. The summed E-state index contributed by atoms with van der Waals surface area (Å²) < 4.78 is 15.4. The molecule has 1 saturated heterocycles. The molecular formula is C10H19N3O7. The number of aliphatic hydroxyl groups excluding tert-OH is 4. The summed E-state index contributed by atoms with van der Waals surface area (Å²) in [6.45, 7) is 0.182. The monoisotopic (exact) mass is 293 g/mol. The van der Waals surface area contributed by atoms with Crippen LogP contribution in [0.2, 0.25) is 0 Å². The normalized spacial score (nSPS) is 33.7. The van der Waals surface area contributed by atoms with Gasteiger partial charge >= 0.3 is 0 Å². The van der Waals surface area contributed by atoms with Crippen molar-refractivity contribution in [3.63, 3.8) is 0 Å². The molecule has 5 atom stereocenters. The van der Waals surface area contributed by atoms with Gasteiger partial charge in [-0.3, -0.25) is 0 Å². The molecule has 10 nitrogen and oxygen atoms in total. The minimum absolute atomic E-state index is 0.0684. The molecule has 1 aliphatic rings. The van der Waals surface area contributed by atoms with Gasteiger partial charge in [0, 0.05) is 11.5 Å². The summed E-state index contributed by atoms with van der Waals surface area (Å²) >= 11 is 0. The van der Waals surface area contributed by atoms with E-state index in [9.17, 15) is 15.3 Å². The van der Waals surface area contributed by atoms with Gasteiger partial charge in [-0.2, -0.15) is 0 Å². The second-order valence-electron chi connectivity index (χ2n) is 4.13. The Hall–Kier alpha value is -0.970. The summed E-state index contributed by atoms with van der Waals surface area (Å²) in [5.74, 6) is 0. The Kier molecular flexibility index (Phi) is 7.73. The van der Waals surface area contributed by atoms with E-state index < -0.39 is 37.3 Å². The van der Waals surface area contributed by atoms with Crippen LogP contribution in [0.5, 0.6) is 0 Å². The highest BCUT2D eigenvalue weighted by Crippen LogP contribution is 2.21. The van der Waals surface area contributed by atoms with Crippen molar-refractivity contribution in [2.75, 3.05) is 33.0 Å². The lowest BCUT2D eigenvalue weighted by atomic mass is 9.99. The highest BCUT2D eigenvalue weighted by Gasteiger charge is 2.43. The first-order valence-corrected chi connectivity index (χ1v) is 6.12. The van der Waals surface area contributed by atoms with Crippen molar-refractivity contribution in [2.45, 2.75) is 30.7 Å². The number of azide groups is 1. The zero-order valence-corrected chi connectivity index (χ0v) is 10.8. The molecule has 0 aromatic carbocycles. The lowest BCUT2D eigenvalue weighted by Crippen LogP contribution is -2.59. The number of hydrogen-bond acceptors (Lipinski definition) is 8. The SMILES string of the molecule is [N-]=[N+]=NCCOCCOC1OC(CO)C(O)C(O)C1O. The first-order chi connectivity index (χ1) is 9.61. The van der Waals surface area contributed by atoms with Crippen LogP contribution in [0.4, 0.5) is 0 Å². The second kappa shape index (κ2) is 9.06. The summed E-state index contributed by atoms with van der Waals surface area (Å²) in [6, 6.07) is 0. The van der Waals surface area contributed by atoms with E-state index in [-0.39, 0.29) is 26.4 Å². The van der Waals surface area contributed by atoms with E-state index in [1.165, 1.54) is 0 Å². The van der Waals surface area contributed by atoms with E-state index in [0.717, 1.165) is 0 Å². The quantitative estimate of drug-likeness (QED) is 0.177. The Morgan fingerprint density at radius 1 is 1.10 bits per heavy atom. The van der Waals surface area contributed by atoms with Gasteiger partial charge in [-0.25, -0.2) is 0 Å². The predicted octanol–water partition coefficient (Wildman–Crippen LogP) is -1.87. The van der Waals surface area contributed by atoms with Gasteiger partial charge < -0.3 is 34.6 Å². The molecule has 1 rings (SSSR count). The summed E-state index contributed by atoms with van der Waals surface area (Å²) in [5, 5.41) is 41.0. The number of ether oxygens (including phenoxy) is 3. The van der Waals surface area contributed by atoms with Crippen LogP contribution in [0.25, 0.3) is 10.4 Å². The first-order valence-electron chi connectivity index (χ1n) is 6.12. The van der Waals surface area contributed by atoms with Gasteiger partial charge in [0.2, 0.25) is 0 Å². The van der Waals surface area contributed by atoms with Gasteiger partial charge in [0.15, 0.2) is 6.29 Å². The van der Waals surface area contributed by atoms with Gasteiger partial charge in [-0.1, -0.05) is 5.11 Å². The number of nitrogens with zero attached hydrogens (tertiary/aromatic N) is 3. The smallest absolute Gasteiger partial charge is 0.186 e. The van der Waals surface area contributed by atoms with E-state index in [0.29, 0.717) is 0 Å². The molecule has 0 aromatic rings. The van der Waals surface area contributed by atoms with E-state index >= 15 is 0 Å². The Bertz CT molecular complexity index is 324. The Morgan fingerprint density at radius 3 is 2.50 bits per heavy atom. The van der Waals surface area contributed by atoms with Crippen molar-refractivity contribution in [1.82, 2.24) is 0 Å². The van der Waals surface area contributed by atoms with Crippen molar-refractivity contribution in [2.24, 2.45) is 5.11 Å². The number of rotatable bonds is 8. The number of aliphatic hydroxyl groups is 4. The van der Waals surface area contributed by atoms with Gasteiger partial charge in [-0.15, -0.1) is 0 Å². The molecule has 0 spiro atoms. The summed E-state index contributed by atoms with van der Waals surface area (Å²) in [4.78, 5) is 2.56. The van der Waals surface area contributed by atoms with Crippen LogP contribution in [0.1, 0.15) is 0 Å². The van der Waals surface area contributed by atoms with Crippen molar-refractivity contribution >= 4 is 0 Å². The average Bonchev–Trinajstić information content (AvgIpc) is 2.46. The lowest BCUT2D eigenvalue weighted by Gasteiger charge is -2.39. The topological polar surface area (TPSA) is 157 Å². The van der Waals surface area contributed by atoms with Gasteiger partial charge in [0.05, 0.1) is 26.4 Å². The fourth-order valence-electron chi connectivity index (χ4n) is 1.68. The van der Waals surface area contributed by atoms with Gasteiger partial charge in [-0.05, 0) is 5.53 Å². The minimum atomic E-state index is -1.46. The third kappa shape index (κ3) is 4.85. The van der Waals surface area contributed by atoms with E-state index in [1.54, 1.807) is 0 Å². The van der Waals surface area contributed by atoms with Crippen LogP contribution in [0, 0.1) is 0 Å². The maximum atomic E-state index is 9.66. The van der Waals surface area contributed by atoms with E-state index in [1.807, 2.05) is 0 Å². The number of hydrogen-bond donors (Lipinski definition) is 4. The van der Waals surface area contributed by atoms with Crippen molar-refractivity contribution in [1.29, 1.82) is 0 Å².